The fraction of sp³-hybridized carbons (Fsp3) is 0.250. The summed E-state index contributed by atoms with van der Waals surface area (Å²) in [6, 6.07) is 9.69. The second-order valence-corrected chi connectivity index (χ2v) is 7.79. The average Bonchev–Trinajstić information content (AvgIpc) is 2.60. The molecule has 0 bridgehead atoms. The second-order valence-electron chi connectivity index (χ2n) is 4.72. The Balaban J connectivity index is 2.54. The lowest BCUT2D eigenvalue weighted by atomic mass is 10.2. The molecule has 0 aliphatic carbocycles. The minimum Gasteiger partial charge on any atom is -0.496 e. The van der Waals surface area contributed by atoms with Crippen LogP contribution in [-0.4, -0.2) is 22.6 Å². The molecule has 0 saturated heterocycles. The Labute approximate surface area is 153 Å². The molecule has 0 amide bonds. The zero-order chi connectivity index (χ0) is 17.0. The lowest BCUT2D eigenvalue weighted by Crippen LogP contribution is -2.04. The van der Waals surface area contributed by atoms with Crippen LogP contribution in [-0.2, 0) is 20.5 Å². The molecule has 0 atom stereocenters. The number of alkyl halides is 2. The van der Waals surface area contributed by atoms with Crippen molar-refractivity contribution in [3.8, 4) is 11.5 Å². The molecule has 0 aliphatic heterocycles. The Bertz CT molecular complexity index is 742. The van der Waals surface area contributed by atoms with Gasteiger partial charge < -0.3 is 9.47 Å². The van der Waals surface area contributed by atoms with Crippen molar-refractivity contribution in [3.05, 3.63) is 47.5 Å². The summed E-state index contributed by atoms with van der Waals surface area (Å²) in [5, 5.41) is 1.02. The van der Waals surface area contributed by atoms with Crippen molar-refractivity contribution < 1.29 is 17.9 Å². The molecule has 0 fully saturated rings. The summed E-state index contributed by atoms with van der Waals surface area (Å²) in [6.45, 7) is 0. The van der Waals surface area contributed by atoms with E-state index in [2.05, 4.69) is 31.9 Å². The van der Waals surface area contributed by atoms with Crippen molar-refractivity contribution >= 4 is 41.7 Å². The quantitative estimate of drug-likeness (QED) is 0.598. The first-order chi connectivity index (χ1) is 11.0. The first kappa shape index (κ1) is 18.3. The predicted molar refractivity (Wildman–Crippen MR) is 96.7 cm³/mol. The fourth-order valence-corrected chi connectivity index (χ4v) is 4.43. The number of sulfone groups is 1. The van der Waals surface area contributed by atoms with E-state index in [4.69, 9.17) is 9.47 Å². The van der Waals surface area contributed by atoms with E-state index in [1.807, 2.05) is 0 Å². The predicted octanol–water partition coefficient (Wildman–Crippen LogP) is 4.33. The molecule has 124 valence electrons. The van der Waals surface area contributed by atoms with Crippen LogP contribution in [0.5, 0.6) is 11.5 Å². The number of methoxy groups -OCH3 is 2. The van der Waals surface area contributed by atoms with E-state index in [0.717, 1.165) is 11.1 Å². The van der Waals surface area contributed by atoms with Crippen LogP contribution in [0, 0.1) is 0 Å². The maximum Gasteiger partial charge on any atom is 0.206 e. The summed E-state index contributed by atoms with van der Waals surface area (Å²) in [5.74, 6) is 1.30. The van der Waals surface area contributed by atoms with E-state index in [-0.39, 0.29) is 9.79 Å². The van der Waals surface area contributed by atoms with E-state index in [1.54, 1.807) is 50.6 Å². The van der Waals surface area contributed by atoms with Crippen molar-refractivity contribution in [2.45, 2.75) is 20.5 Å². The Morgan fingerprint density at radius 2 is 1.22 bits per heavy atom. The van der Waals surface area contributed by atoms with Gasteiger partial charge in [0.25, 0.3) is 0 Å². The first-order valence-electron chi connectivity index (χ1n) is 6.68. The summed E-state index contributed by atoms with van der Waals surface area (Å²) in [4.78, 5) is 0.469. The third-order valence-electron chi connectivity index (χ3n) is 3.41. The summed E-state index contributed by atoms with van der Waals surface area (Å²) in [5.41, 5.74) is 1.56. The monoisotopic (exact) mass is 462 g/mol. The molecule has 0 aliphatic rings. The summed E-state index contributed by atoms with van der Waals surface area (Å²) in [6.07, 6.45) is 0. The van der Waals surface area contributed by atoms with Crippen LogP contribution in [0.25, 0.3) is 0 Å². The fourth-order valence-electron chi connectivity index (χ4n) is 2.19. The lowest BCUT2D eigenvalue weighted by molar-refractivity contribution is 0.411. The molecule has 4 nitrogen and oxygen atoms in total. The van der Waals surface area contributed by atoms with Gasteiger partial charge in [0, 0.05) is 21.8 Å². The van der Waals surface area contributed by atoms with Crippen LogP contribution in [0.3, 0.4) is 0 Å². The highest BCUT2D eigenvalue weighted by atomic mass is 79.9. The van der Waals surface area contributed by atoms with Gasteiger partial charge in [-0.15, -0.1) is 0 Å². The van der Waals surface area contributed by atoms with Gasteiger partial charge in [-0.2, -0.15) is 0 Å². The Hall–Kier alpha value is -1.05. The second kappa shape index (κ2) is 7.68. The van der Waals surface area contributed by atoms with Crippen molar-refractivity contribution in [1.29, 1.82) is 0 Å². The maximum atomic E-state index is 12.9. The van der Waals surface area contributed by atoms with E-state index < -0.39 is 9.84 Å². The molecule has 2 aromatic carbocycles. The first-order valence-corrected chi connectivity index (χ1v) is 10.4. The highest BCUT2D eigenvalue weighted by Crippen LogP contribution is 2.31. The zero-order valence-corrected chi connectivity index (χ0v) is 16.7. The van der Waals surface area contributed by atoms with Gasteiger partial charge in [0.05, 0.1) is 24.0 Å². The third kappa shape index (κ3) is 3.72. The highest BCUT2D eigenvalue weighted by molar-refractivity contribution is 9.08. The van der Waals surface area contributed by atoms with Gasteiger partial charge in [-0.25, -0.2) is 8.42 Å². The summed E-state index contributed by atoms with van der Waals surface area (Å²) >= 11 is 6.70. The molecular formula is C16H16Br2O4S. The lowest BCUT2D eigenvalue weighted by Gasteiger charge is -2.12. The third-order valence-corrected chi connectivity index (χ3v) is 6.37. The molecule has 0 aromatic heterocycles. The average molecular weight is 464 g/mol. The van der Waals surface area contributed by atoms with Gasteiger partial charge >= 0.3 is 0 Å². The van der Waals surface area contributed by atoms with Gasteiger partial charge in [0.1, 0.15) is 11.5 Å². The SMILES string of the molecule is COc1ccc(S(=O)(=O)c2ccc(OC)c(CBr)c2)cc1CBr. The van der Waals surface area contributed by atoms with Crippen LogP contribution < -0.4 is 9.47 Å². The Morgan fingerprint density at radius 3 is 1.52 bits per heavy atom. The smallest absolute Gasteiger partial charge is 0.206 e. The van der Waals surface area contributed by atoms with Gasteiger partial charge in [-0.05, 0) is 36.4 Å². The highest BCUT2D eigenvalue weighted by Gasteiger charge is 2.20. The van der Waals surface area contributed by atoms with E-state index >= 15 is 0 Å². The number of rotatable bonds is 6. The molecule has 0 saturated carbocycles. The number of benzene rings is 2. The van der Waals surface area contributed by atoms with Crippen molar-refractivity contribution in [1.82, 2.24) is 0 Å². The van der Waals surface area contributed by atoms with Crippen LogP contribution >= 0.6 is 31.9 Å². The van der Waals surface area contributed by atoms with Gasteiger partial charge in [0.2, 0.25) is 9.84 Å². The van der Waals surface area contributed by atoms with E-state index in [0.29, 0.717) is 22.2 Å². The molecule has 7 heteroatoms. The molecule has 0 radical (unpaired) electrons. The Kier molecular flexibility index (Phi) is 6.11. The minimum atomic E-state index is -3.61. The van der Waals surface area contributed by atoms with Crippen LogP contribution in [0.15, 0.2) is 46.2 Å². The van der Waals surface area contributed by atoms with Crippen molar-refractivity contribution in [2.75, 3.05) is 14.2 Å². The molecule has 0 spiro atoms. The number of ether oxygens (including phenoxy) is 2. The zero-order valence-electron chi connectivity index (χ0n) is 12.7. The van der Waals surface area contributed by atoms with Gasteiger partial charge in [-0.3, -0.25) is 0 Å². The van der Waals surface area contributed by atoms with Crippen LogP contribution in [0.2, 0.25) is 0 Å². The van der Waals surface area contributed by atoms with Crippen LogP contribution in [0.4, 0.5) is 0 Å². The number of hydrogen-bond donors (Lipinski definition) is 0. The van der Waals surface area contributed by atoms with Crippen LogP contribution in [0.1, 0.15) is 11.1 Å². The topological polar surface area (TPSA) is 52.6 Å². The van der Waals surface area contributed by atoms with Gasteiger partial charge in [-0.1, -0.05) is 31.9 Å². The standard InChI is InChI=1S/C16H16Br2O4S/c1-21-15-5-3-13(7-11(15)9-17)23(19,20)14-4-6-16(22-2)12(8-14)10-18/h3-8H,9-10H2,1-2H3. The maximum absolute atomic E-state index is 12.9. The van der Waals surface area contributed by atoms with E-state index in [9.17, 15) is 8.42 Å². The normalized spacial score (nSPS) is 11.3. The molecule has 2 rings (SSSR count). The van der Waals surface area contributed by atoms with Crippen molar-refractivity contribution in [3.63, 3.8) is 0 Å². The molecule has 2 aromatic rings. The summed E-state index contributed by atoms with van der Waals surface area (Å²) < 4.78 is 36.2. The Morgan fingerprint density at radius 1 is 0.826 bits per heavy atom. The minimum absolute atomic E-state index is 0.235. The number of hydrogen-bond acceptors (Lipinski definition) is 4. The van der Waals surface area contributed by atoms with E-state index in [1.165, 1.54) is 0 Å². The molecule has 0 unspecified atom stereocenters. The molecule has 23 heavy (non-hydrogen) atoms. The largest absolute Gasteiger partial charge is 0.496 e. The van der Waals surface area contributed by atoms with Gasteiger partial charge in [0.15, 0.2) is 0 Å². The summed E-state index contributed by atoms with van der Waals surface area (Å²) in [7, 11) is -0.493. The molecule has 0 N–H and O–H groups in total. The number of halogens is 2. The molecule has 0 heterocycles. The van der Waals surface area contributed by atoms with Crippen molar-refractivity contribution in [2.24, 2.45) is 0 Å². The molecular weight excluding hydrogens is 448 g/mol.